The molecule has 0 aliphatic carbocycles. The molecule has 0 atom stereocenters. The number of nitrogens with zero attached hydrogens (tertiary/aromatic N) is 3. The number of para-hydroxylation sites is 1. The van der Waals surface area contributed by atoms with Gasteiger partial charge in [0, 0.05) is 31.9 Å². The van der Waals surface area contributed by atoms with Gasteiger partial charge >= 0.3 is 5.91 Å². The summed E-state index contributed by atoms with van der Waals surface area (Å²) >= 11 is 0. The quantitative estimate of drug-likeness (QED) is 0.714. The molecule has 0 aromatic heterocycles. The lowest BCUT2D eigenvalue weighted by Crippen LogP contribution is -2.49. The molecule has 1 amide bonds. The van der Waals surface area contributed by atoms with Gasteiger partial charge in [0.2, 0.25) is 0 Å². The third-order valence-corrected chi connectivity index (χ3v) is 2.97. The molecule has 0 bridgehead atoms. The summed E-state index contributed by atoms with van der Waals surface area (Å²) in [7, 11) is 0. The topological polar surface area (TPSA) is 27.9 Å². The Labute approximate surface area is 101 Å². The Morgan fingerprint density at radius 3 is 2.41 bits per heavy atom. The van der Waals surface area contributed by atoms with Gasteiger partial charge in [0.15, 0.2) is 0 Å². The Kier molecular flexibility index (Phi) is 3.61. The Morgan fingerprint density at radius 2 is 1.82 bits per heavy atom. The van der Waals surface area contributed by atoms with Crippen LogP contribution in [-0.2, 0) is 4.79 Å². The van der Waals surface area contributed by atoms with E-state index in [9.17, 15) is 4.79 Å². The van der Waals surface area contributed by atoms with Gasteiger partial charge in [-0.25, -0.2) is 6.57 Å². The van der Waals surface area contributed by atoms with E-state index in [1.807, 2.05) is 18.2 Å². The maximum absolute atomic E-state index is 11.5. The highest BCUT2D eigenvalue weighted by Crippen LogP contribution is 2.15. The molecular weight excluding hydrogens is 214 g/mol. The SMILES string of the molecule is [C-]#[N+]CC(=O)N1CCN(c2ccccc2)CC1. The van der Waals surface area contributed by atoms with Crippen molar-refractivity contribution in [2.75, 3.05) is 37.6 Å². The minimum atomic E-state index is -0.0484. The molecule has 1 aromatic carbocycles. The van der Waals surface area contributed by atoms with E-state index < -0.39 is 0 Å². The number of amides is 1. The summed E-state index contributed by atoms with van der Waals surface area (Å²) in [6, 6.07) is 10.2. The average molecular weight is 229 g/mol. The maximum Gasteiger partial charge on any atom is 0.302 e. The normalized spacial score (nSPS) is 15.5. The molecule has 1 aromatic rings. The zero-order valence-electron chi connectivity index (χ0n) is 9.67. The number of carbonyl (C=O) groups is 1. The second kappa shape index (κ2) is 5.35. The van der Waals surface area contributed by atoms with Gasteiger partial charge in [0.05, 0.1) is 0 Å². The minimum Gasteiger partial charge on any atom is -0.368 e. The number of hydrogen-bond donors (Lipinski definition) is 0. The molecule has 1 saturated heterocycles. The van der Waals surface area contributed by atoms with E-state index in [1.54, 1.807) is 4.90 Å². The van der Waals surface area contributed by atoms with Crippen LogP contribution in [0, 0.1) is 6.57 Å². The fourth-order valence-electron chi connectivity index (χ4n) is 2.02. The van der Waals surface area contributed by atoms with Crippen molar-refractivity contribution in [1.82, 2.24) is 4.90 Å². The van der Waals surface area contributed by atoms with E-state index in [0.29, 0.717) is 13.1 Å². The fourth-order valence-corrected chi connectivity index (χ4v) is 2.02. The van der Waals surface area contributed by atoms with Crippen molar-refractivity contribution in [3.8, 4) is 0 Å². The number of hydrogen-bond acceptors (Lipinski definition) is 2. The van der Waals surface area contributed by atoms with E-state index in [1.165, 1.54) is 5.69 Å². The second-order valence-electron chi connectivity index (χ2n) is 4.02. The second-order valence-corrected chi connectivity index (χ2v) is 4.02. The van der Waals surface area contributed by atoms with Crippen LogP contribution in [0.2, 0.25) is 0 Å². The van der Waals surface area contributed by atoms with Crippen molar-refractivity contribution in [2.45, 2.75) is 0 Å². The van der Waals surface area contributed by atoms with Crippen LogP contribution in [0.1, 0.15) is 0 Å². The Balaban J connectivity index is 1.91. The Morgan fingerprint density at radius 1 is 1.18 bits per heavy atom. The predicted molar refractivity (Wildman–Crippen MR) is 66.7 cm³/mol. The van der Waals surface area contributed by atoms with Gasteiger partial charge < -0.3 is 14.6 Å². The zero-order valence-corrected chi connectivity index (χ0v) is 9.67. The van der Waals surface area contributed by atoms with Crippen LogP contribution in [0.5, 0.6) is 0 Å². The first-order valence-electron chi connectivity index (χ1n) is 5.72. The highest BCUT2D eigenvalue weighted by atomic mass is 16.2. The van der Waals surface area contributed by atoms with Crippen LogP contribution < -0.4 is 4.90 Å². The van der Waals surface area contributed by atoms with Crippen molar-refractivity contribution in [3.05, 3.63) is 41.7 Å². The third-order valence-electron chi connectivity index (χ3n) is 2.97. The van der Waals surface area contributed by atoms with E-state index in [-0.39, 0.29) is 12.5 Å². The number of carbonyl (C=O) groups excluding carboxylic acids is 1. The summed E-state index contributed by atoms with van der Waals surface area (Å²) in [5.41, 5.74) is 1.20. The van der Waals surface area contributed by atoms with E-state index >= 15 is 0 Å². The average Bonchev–Trinajstić information content (AvgIpc) is 2.40. The van der Waals surface area contributed by atoms with Gasteiger partial charge in [-0.05, 0) is 12.1 Å². The number of piperazine rings is 1. The van der Waals surface area contributed by atoms with E-state index in [2.05, 4.69) is 21.9 Å². The number of rotatable bonds is 2. The van der Waals surface area contributed by atoms with Crippen molar-refractivity contribution < 1.29 is 4.79 Å². The highest BCUT2D eigenvalue weighted by Gasteiger charge is 2.22. The highest BCUT2D eigenvalue weighted by molar-refractivity contribution is 5.80. The molecule has 88 valence electrons. The first kappa shape index (κ1) is 11.5. The predicted octanol–water partition coefficient (Wildman–Crippen LogP) is 1.25. The Bertz CT molecular complexity index is 416. The molecule has 0 spiro atoms. The van der Waals surface area contributed by atoms with Gasteiger partial charge in [-0.15, -0.1) is 0 Å². The molecule has 0 unspecified atom stereocenters. The van der Waals surface area contributed by atoms with E-state index in [4.69, 9.17) is 6.57 Å². The molecule has 1 aliphatic heterocycles. The zero-order chi connectivity index (χ0) is 12.1. The van der Waals surface area contributed by atoms with Crippen LogP contribution in [0.25, 0.3) is 4.85 Å². The van der Waals surface area contributed by atoms with Crippen LogP contribution in [0.15, 0.2) is 30.3 Å². The fraction of sp³-hybridized carbons (Fsp3) is 0.385. The third kappa shape index (κ3) is 2.76. The molecule has 1 aliphatic rings. The van der Waals surface area contributed by atoms with Crippen molar-refractivity contribution in [1.29, 1.82) is 0 Å². The van der Waals surface area contributed by atoms with Gasteiger partial charge in [-0.3, -0.25) is 4.79 Å². The molecule has 17 heavy (non-hydrogen) atoms. The van der Waals surface area contributed by atoms with Gasteiger partial charge in [-0.1, -0.05) is 18.2 Å². The molecule has 0 radical (unpaired) electrons. The molecule has 2 rings (SSSR count). The molecule has 0 N–H and O–H groups in total. The van der Waals surface area contributed by atoms with Crippen molar-refractivity contribution >= 4 is 11.6 Å². The van der Waals surface area contributed by atoms with Crippen LogP contribution in [-0.4, -0.2) is 43.5 Å². The lowest BCUT2D eigenvalue weighted by atomic mass is 10.2. The van der Waals surface area contributed by atoms with Crippen LogP contribution >= 0.6 is 0 Å². The van der Waals surface area contributed by atoms with Gasteiger partial charge in [0.1, 0.15) is 0 Å². The summed E-state index contributed by atoms with van der Waals surface area (Å²) < 4.78 is 0. The van der Waals surface area contributed by atoms with Crippen molar-refractivity contribution in [2.24, 2.45) is 0 Å². The maximum atomic E-state index is 11.5. The number of benzene rings is 1. The summed E-state index contributed by atoms with van der Waals surface area (Å²) in [5.74, 6) is -0.0484. The lowest BCUT2D eigenvalue weighted by molar-refractivity contribution is -0.129. The molecule has 0 saturated carbocycles. The summed E-state index contributed by atoms with van der Waals surface area (Å²) in [5, 5.41) is 0. The van der Waals surface area contributed by atoms with Crippen LogP contribution in [0.3, 0.4) is 0 Å². The standard InChI is InChI=1S/C13H15N3O/c1-14-11-13(17)16-9-7-15(8-10-16)12-5-3-2-4-6-12/h2-6H,7-11H2. The van der Waals surface area contributed by atoms with Gasteiger partial charge in [-0.2, -0.15) is 0 Å². The van der Waals surface area contributed by atoms with E-state index in [0.717, 1.165) is 13.1 Å². The molecule has 1 fully saturated rings. The number of anilines is 1. The molecule has 1 heterocycles. The monoisotopic (exact) mass is 229 g/mol. The first-order chi connectivity index (χ1) is 8.31. The molecular formula is C13H15N3O. The largest absolute Gasteiger partial charge is 0.368 e. The van der Waals surface area contributed by atoms with Crippen molar-refractivity contribution in [3.63, 3.8) is 0 Å². The minimum absolute atomic E-state index is 0.0225. The molecule has 4 heteroatoms. The summed E-state index contributed by atoms with van der Waals surface area (Å²) in [6.07, 6.45) is 0. The Hall–Kier alpha value is -2.02. The summed E-state index contributed by atoms with van der Waals surface area (Å²) in [4.78, 5) is 18.7. The summed E-state index contributed by atoms with van der Waals surface area (Å²) in [6.45, 7) is 9.78. The molecule has 4 nitrogen and oxygen atoms in total. The van der Waals surface area contributed by atoms with Crippen LogP contribution in [0.4, 0.5) is 5.69 Å². The first-order valence-corrected chi connectivity index (χ1v) is 5.72. The van der Waals surface area contributed by atoms with Gasteiger partial charge in [0.25, 0.3) is 6.54 Å². The smallest absolute Gasteiger partial charge is 0.302 e. The lowest BCUT2D eigenvalue weighted by Gasteiger charge is -2.35.